The Morgan fingerprint density at radius 1 is 1.35 bits per heavy atom. The highest BCUT2D eigenvalue weighted by Gasteiger charge is 2.22. The number of aliphatic hydroxyl groups is 1. The number of hydrogen-bond donors (Lipinski definition) is 1. The van der Waals surface area contributed by atoms with E-state index in [0.717, 1.165) is 5.56 Å². The van der Waals surface area contributed by atoms with Gasteiger partial charge in [0.2, 0.25) is 0 Å². The summed E-state index contributed by atoms with van der Waals surface area (Å²) in [5, 5.41) is 11.2. The molecule has 17 heavy (non-hydrogen) atoms. The quantitative estimate of drug-likeness (QED) is 0.889. The third-order valence-electron chi connectivity index (χ3n) is 2.75. The maximum atomic E-state index is 9.99. The van der Waals surface area contributed by atoms with Crippen LogP contribution in [0, 0.1) is 0 Å². The molecule has 0 fully saturated rings. The highest BCUT2D eigenvalue weighted by molar-refractivity contribution is 6.35. The van der Waals surface area contributed by atoms with Gasteiger partial charge in [-0.2, -0.15) is 0 Å². The predicted octanol–water partition coefficient (Wildman–Crippen LogP) is 3.71. The predicted molar refractivity (Wildman–Crippen MR) is 71.9 cm³/mol. The zero-order valence-corrected chi connectivity index (χ0v) is 11.8. The van der Waals surface area contributed by atoms with Crippen molar-refractivity contribution in [3.8, 4) is 0 Å². The van der Waals surface area contributed by atoms with Gasteiger partial charge in [0.25, 0.3) is 0 Å². The Morgan fingerprint density at radius 3 is 2.53 bits per heavy atom. The second-order valence-electron chi connectivity index (χ2n) is 4.76. The zero-order chi connectivity index (χ0) is 13.1. The molecule has 0 amide bonds. The number of halogens is 2. The maximum absolute atomic E-state index is 9.99. The van der Waals surface area contributed by atoms with Gasteiger partial charge in [-0.1, -0.05) is 29.3 Å². The van der Waals surface area contributed by atoms with Gasteiger partial charge in [0.15, 0.2) is 0 Å². The van der Waals surface area contributed by atoms with Crippen LogP contribution in [0.1, 0.15) is 25.8 Å². The van der Waals surface area contributed by atoms with E-state index in [2.05, 4.69) is 0 Å². The van der Waals surface area contributed by atoms with E-state index in [1.807, 2.05) is 19.9 Å². The lowest BCUT2D eigenvalue weighted by molar-refractivity contribution is -0.0190. The summed E-state index contributed by atoms with van der Waals surface area (Å²) >= 11 is 11.9. The molecule has 0 heterocycles. The topological polar surface area (TPSA) is 29.5 Å². The van der Waals surface area contributed by atoms with Crippen LogP contribution in [-0.2, 0) is 11.2 Å². The zero-order valence-electron chi connectivity index (χ0n) is 10.3. The van der Waals surface area contributed by atoms with Gasteiger partial charge >= 0.3 is 0 Å². The number of methoxy groups -OCH3 is 1. The average molecular weight is 277 g/mol. The first kappa shape index (κ1) is 14.8. The van der Waals surface area contributed by atoms with E-state index in [9.17, 15) is 5.11 Å². The maximum Gasteiger partial charge on any atom is 0.0647 e. The fraction of sp³-hybridized carbons (Fsp3) is 0.538. The van der Waals surface area contributed by atoms with Crippen molar-refractivity contribution in [1.82, 2.24) is 0 Å². The lowest BCUT2D eigenvalue weighted by atomic mass is 9.96. The van der Waals surface area contributed by atoms with Gasteiger partial charge in [0, 0.05) is 23.6 Å². The number of benzene rings is 1. The minimum atomic E-state index is -0.483. The molecule has 0 radical (unpaired) electrons. The SMILES string of the molecule is COC(C)(C)CC(O)Cc1ccc(Cl)cc1Cl. The van der Waals surface area contributed by atoms with E-state index in [0.29, 0.717) is 22.9 Å². The van der Waals surface area contributed by atoms with Crippen LogP contribution in [0.15, 0.2) is 18.2 Å². The van der Waals surface area contributed by atoms with Crippen molar-refractivity contribution in [3.05, 3.63) is 33.8 Å². The molecule has 1 aromatic rings. The standard InChI is InChI=1S/C13H18Cl2O2/c1-13(2,17-3)8-11(16)6-9-4-5-10(14)7-12(9)15/h4-5,7,11,16H,6,8H2,1-3H3. The fourth-order valence-corrected chi connectivity index (χ4v) is 2.15. The highest BCUT2D eigenvalue weighted by atomic mass is 35.5. The van der Waals surface area contributed by atoms with Crippen molar-refractivity contribution in [2.75, 3.05) is 7.11 Å². The van der Waals surface area contributed by atoms with Gasteiger partial charge in [0.05, 0.1) is 11.7 Å². The summed E-state index contributed by atoms with van der Waals surface area (Å²) in [5.41, 5.74) is 0.564. The molecule has 96 valence electrons. The molecule has 1 unspecified atom stereocenters. The van der Waals surface area contributed by atoms with Crippen LogP contribution in [0.2, 0.25) is 10.0 Å². The lowest BCUT2D eigenvalue weighted by Gasteiger charge is -2.26. The van der Waals surface area contributed by atoms with E-state index in [-0.39, 0.29) is 5.60 Å². The molecule has 1 atom stereocenters. The Labute approximate surface area is 113 Å². The molecule has 0 spiro atoms. The van der Waals surface area contributed by atoms with Crippen LogP contribution in [0.25, 0.3) is 0 Å². The molecule has 0 aliphatic carbocycles. The van der Waals surface area contributed by atoms with Gasteiger partial charge < -0.3 is 9.84 Å². The monoisotopic (exact) mass is 276 g/mol. The van der Waals surface area contributed by atoms with Gasteiger partial charge in [0.1, 0.15) is 0 Å². The lowest BCUT2D eigenvalue weighted by Crippen LogP contribution is -2.29. The summed E-state index contributed by atoms with van der Waals surface area (Å²) in [6.07, 6.45) is 0.578. The Balaban J connectivity index is 2.65. The number of aliphatic hydroxyl groups excluding tert-OH is 1. The molecule has 0 aliphatic rings. The van der Waals surface area contributed by atoms with Crippen molar-refractivity contribution in [3.63, 3.8) is 0 Å². The highest BCUT2D eigenvalue weighted by Crippen LogP contribution is 2.24. The molecule has 0 bridgehead atoms. The van der Waals surface area contributed by atoms with E-state index < -0.39 is 6.10 Å². The van der Waals surface area contributed by atoms with Gasteiger partial charge in [-0.25, -0.2) is 0 Å². The summed E-state index contributed by atoms with van der Waals surface area (Å²) in [4.78, 5) is 0. The van der Waals surface area contributed by atoms with Gasteiger partial charge in [-0.05, 0) is 38.0 Å². The average Bonchev–Trinajstić information content (AvgIpc) is 2.21. The van der Waals surface area contributed by atoms with E-state index in [4.69, 9.17) is 27.9 Å². The Hall–Kier alpha value is -0.280. The van der Waals surface area contributed by atoms with Crippen LogP contribution in [-0.4, -0.2) is 23.9 Å². The number of rotatable bonds is 5. The largest absolute Gasteiger partial charge is 0.393 e. The van der Waals surface area contributed by atoms with E-state index >= 15 is 0 Å². The molecule has 4 heteroatoms. The van der Waals surface area contributed by atoms with Crippen molar-refractivity contribution in [2.45, 2.75) is 38.4 Å². The molecular formula is C13H18Cl2O2. The molecule has 0 saturated heterocycles. The van der Waals surface area contributed by atoms with Crippen LogP contribution in [0.5, 0.6) is 0 Å². The summed E-state index contributed by atoms with van der Waals surface area (Å²) in [5.74, 6) is 0. The minimum Gasteiger partial charge on any atom is -0.393 e. The molecule has 1 N–H and O–H groups in total. The Kier molecular flexibility index (Phi) is 5.26. The summed E-state index contributed by atoms with van der Waals surface area (Å²) in [6, 6.07) is 5.30. The molecule has 0 saturated carbocycles. The van der Waals surface area contributed by atoms with Crippen molar-refractivity contribution in [2.24, 2.45) is 0 Å². The molecular weight excluding hydrogens is 259 g/mol. The summed E-state index contributed by atoms with van der Waals surface area (Å²) in [7, 11) is 1.64. The Bertz CT molecular complexity index is 378. The smallest absolute Gasteiger partial charge is 0.0647 e. The third-order valence-corrected chi connectivity index (χ3v) is 3.34. The normalized spacial score (nSPS) is 13.8. The molecule has 2 nitrogen and oxygen atoms in total. The number of hydrogen-bond acceptors (Lipinski definition) is 2. The summed E-state index contributed by atoms with van der Waals surface area (Å²) in [6.45, 7) is 3.89. The van der Waals surface area contributed by atoms with Crippen LogP contribution in [0.4, 0.5) is 0 Å². The molecule has 0 aromatic heterocycles. The number of ether oxygens (including phenoxy) is 1. The minimum absolute atomic E-state index is 0.335. The first-order valence-corrected chi connectivity index (χ1v) is 6.27. The first-order chi connectivity index (χ1) is 7.84. The first-order valence-electron chi connectivity index (χ1n) is 5.51. The van der Waals surface area contributed by atoms with E-state index in [1.54, 1.807) is 19.2 Å². The van der Waals surface area contributed by atoms with Crippen molar-refractivity contribution >= 4 is 23.2 Å². The summed E-state index contributed by atoms with van der Waals surface area (Å²) < 4.78 is 5.28. The molecule has 1 aromatic carbocycles. The van der Waals surface area contributed by atoms with Crippen LogP contribution >= 0.6 is 23.2 Å². The molecule has 1 rings (SSSR count). The fourth-order valence-electron chi connectivity index (χ4n) is 1.66. The van der Waals surface area contributed by atoms with Crippen molar-refractivity contribution in [1.29, 1.82) is 0 Å². The van der Waals surface area contributed by atoms with E-state index in [1.165, 1.54) is 0 Å². The van der Waals surface area contributed by atoms with Crippen molar-refractivity contribution < 1.29 is 9.84 Å². The molecule has 0 aliphatic heterocycles. The second kappa shape index (κ2) is 6.05. The third kappa shape index (κ3) is 4.84. The Morgan fingerprint density at radius 2 is 2.00 bits per heavy atom. The van der Waals surface area contributed by atoms with Crippen LogP contribution in [0.3, 0.4) is 0 Å². The second-order valence-corrected chi connectivity index (χ2v) is 5.61. The van der Waals surface area contributed by atoms with Gasteiger partial charge in [-0.3, -0.25) is 0 Å². The van der Waals surface area contributed by atoms with Gasteiger partial charge in [-0.15, -0.1) is 0 Å². The van der Waals surface area contributed by atoms with Crippen LogP contribution < -0.4 is 0 Å².